The van der Waals surface area contributed by atoms with Gasteiger partial charge in [0.15, 0.2) is 0 Å². The lowest BCUT2D eigenvalue weighted by Crippen LogP contribution is -2.11. The Morgan fingerprint density at radius 2 is 1.71 bits per heavy atom. The highest BCUT2D eigenvalue weighted by Gasteiger charge is 2.07. The summed E-state index contributed by atoms with van der Waals surface area (Å²) in [6.07, 6.45) is 0. The average molecular weight is 338 g/mol. The summed E-state index contributed by atoms with van der Waals surface area (Å²) in [5.74, 6) is 0. The first-order valence-electron chi connectivity index (χ1n) is 5.43. The molecule has 17 heavy (non-hydrogen) atoms. The van der Waals surface area contributed by atoms with Crippen molar-refractivity contribution < 1.29 is 0 Å². The predicted octanol–water partition coefficient (Wildman–Crippen LogP) is 3.95. The maximum absolute atomic E-state index is 6.04. The fourth-order valence-corrected chi connectivity index (χ4v) is 2.25. The number of nitrogens with zero attached hydrogens (tertiary/aromatic N) is 1. The van der Waals surface area contributed by atoms with Crippen LogP contribution in [0.3, 0.4) is 0 Å². The van der Waals surface area contributed by atoms with Crippen LogP contribution in [0.25, 0.3) is 0 Å². The Labute approximate surface area is 116 Å². The van der Waals surface area contributed by atoms with Crippen molar-refractivity contribution in [3.05, 3.63) is 51.6 Å². The van der Waals surface area contributed by atoms with Crippen molar-refractivity contribution in [1.29, 1.82) is 0 Å². The van der Waals surface area contributed by atoms with Gasteiger partial charge in [0.05, 0.1) is 11.4 Å². The molecule has 0 aliphatic carbocycles. The van der Waals surface area contributed by atoms with Gasteiger partial charge < -0.3 is 10.6 Å². The molecule has 0 radical (unpaired) electrons. The van der Waals surface area contributed by atoms with Crippen molar-refractivity contribution >= 4 is 39.7 Å². The number of anilines is 3. The quantitative estimate of drug-likeness (QED) is 0.664. The van der Waals surface area contributed by atoms with E-state index in [1.54, 1.807) is 0 Å². The lowest BCUT2D eigenvalue weighted by Gasteiger charge is -2.21. The van der Waals surface area contributed by atoms with Gasteiger partial charge in [-0.1, -0.05) is 17.7 Å². The number of nitrogens with two attached hydrogens (primary N) is 1. The molecule has 0 aromatic heterocycles. The van der Waals surface area contributed by atoms with Gasteiger partial charge in [-0.2, -0.15) is 0 Å². The predicted molar refractivity (Wildman–Crippen MR) is 82.8 cm³/mol. The van der Waals surface area contributed by atoms with E-state index in [1.807, 2.05) is 13.1 Å². The molecule has 0 fully saturated rings. The van der Waals surface area contributed by atoms with Gasteiger partial charge in [0.1, 0.15) is 0 Å². The van der Waals surface area contributed by atoms with Gasteiger partial charge in [0, 0.05) is 16.3 Å². The van der Waals surface area contributed by atoms with Crippen molar-refractivity contribution in [1.82, 2.24) is 0 Å². The Bertz CT molecular complexity index is 520. The summed E-state index contributed by atoms with van der Waals surface area (Å²) in [6, 6.07) is 14.5. The van der Waals surface area contributed by atoms with Gasteiger partial charge in [-0.3, -0.25) is 0 Å². The lowest BCUT2D eigenvalue weighted by molar-refractivity contribution is 1.21. The zero-order valence-corrected chi connectivity index (χ0v) is 12.1. The van der Waals surface area contributed by atoms with Crippen molar-refractivity contribution in [3.8, 4) is 0 Å². The Hall–Kier alpha value is -1.23. The zero-order valence-electron chi connectivity index (χ0n) is 9.94. The second-order valence-electron chi connectivity index (χ2n) is 4.10. The molecule has 0 amide bonds. The van der Waals surface area contributed by atoms with Crippen molar-refractivity contribution in [3.63, 3.8) is 0 Å². The Morgan fingerprint density at radius 3 is 2.29 bits per heavy atom. The third kappa shape index (κ3) is 2.72. The van der Waals surface area contributed by atoms with Crippen molar-refractivity contribution in [2.75, 3.05) is 17.7 Å². The number of rotatable bonds is 2. The second kappa shape index (κ2) is 4.96. The van der Waals surface area contributed by atoms with Crippen LogP contribution in [0.4, 0.5) is 17.1 Å². The number of aryl methyl sites for hydroxylation is 1. The average Bonchev–Trinajstić information content (AvgIpc) is 2.29. The molecule has 0 saturated heterocycles. The maximum Gasteiger partial charge on any atom is 0.0642 e. The summed E-state index contributed by atoms with van der Waals surface area (Å²) in [4.78, 5) is 2.10. The van der Waals surface area contributed by atoms with E-state index in [-0.39, 0.29) is 0 Å². The minimum absolute atomic E-state index is 0.806. The van der Waals surface area contributed by atoms with Gasteiger partial charge in [0.2, 0.25) is 0 Å². The number of hydrogen-bond acceptors (Lipinski definition) is 2. The van der Waals surface area contributed by atoms with E-state index < -0.39 is 0 Å². The van der Waals surface area contributed by atoms with Gasteiger partial charge >= 0.3 is 0 Å². The molecule has 0 heterocycles. The normalized spacial score (nSPS) is 10.3. The third-order valence-corrected chi connectivity index (χ3v) is 3.44. The van der Waals surface area contributed by atoms with E-state index in [9.17, 15) is 0 Å². The van der Waals surface area contributed by atoms with Gasteiger partial charge in [-0.15, -0.1) is 0 Å². The van der Waals surface area contributed by atoms with Crippen LogP contribution >= 0.6 is 22.6 Å². The maximum atomic E-state index is 6.04. The fraction of sp³-hybridized carbons (Fsp3) is 0.143. The smallest absolute Gasteiger partial charge is 0.0642 e. The fourth-order valence-electron chi connectivity index (χ4n) is 1.74. The lowest BCUT2D eigenvalue weighted by atomic mass is 10.2. The highest BCUT2D eigenvalue weighted by Crippen LogP contribution is 2.29. The molecule has 0 saturated carbocycles. The molecular formula is C14H15IN2. The zero-order chi connectivity index (χ0) is 12.4. The number of nitrogen functional groups attached to an aromatic ring is 1. The minimum Gasteiger partial charge on any atom is -0.397 e. The van der Waals surface area contributed by atoms with E-state index in [4.69, 9.17) is 5.73 Å². The molecular weight excluding hydrogens is 323 g/mol. The summed E-state index contributed by atoms with van der Waals surface area (Å²) in [5.41, 5.74) is 10.3. The molecule has 0 aliphatic rings. The molecule has 0 atom stereocenters. The van der Waals surface area contributed by atoms with E-state index in [0.717, 1.165) is 20.6 Å². The standard InChI is InChI=1S/C14H15IN2/c1-10-3-6-12(7-4-10)17(2)14-8-5-11(15)9-13(14)16/h3-9H,16H2,1-2H3. The topological polar surface area (TPSA) is 29.3 Å². The molecule has 0 spiro atoms. The summed E-state index contributed by atoms with van der Waals surface area (Å²) in [7, 11) is 2.03. The molecule has 2 aromatic carbocycles. The Morgan fingerprint density at radius 1 is 1.06 bits per heavy atom. The van der Waals surface area contributed by atoms with Crippen molar-refractivity contribution in [2.45, 2.75) is 6.92 Å². The first-order chi connectivity index (χ1) is 8.08. The number of benzene rings is 2. The van der Waals surface area contributed by atoms with E-state index in [2.05, 4.69) is 70.8 Å². The van der Waals surface area contributed by atoms with Crippen LogP contribution in [0.5, 0.6) is 0 Å². The van der Waals surface area contributed by atoms with Gasteiger partial charge in [0.25, 0.3) is 0 Å². The van der Waals surface area contributed by atoms with E-state index in [0.29, 0.717) is 0 Å². The molecule has 0 unspecified atom stereocenters. The van der Waals surface area contributed by atoms with Crippen LogP contribution in [0.2, 0.25) is 0 Å². The summed E-state index contributed by atoms with van der Waals surface area (Å²) in [5, 5.41) is 0. The number of halogens is 1. The third-order valence-electron chi connectivity index (χ3n) is 2.77. The van der Waals surface area contributed by atoms with E-state index in [1.165, 1.54) is 5.56 Å². The molecule has 88 valence electrons. The van der Waals surface area contributed by atoms with E-state index >= 15 is 0 Å². The SMILES string of the molecule is Cc1ccc(N(C)c2ccc(I)cc2N)cc1. The summed E-state index contributed by atoms with van der Waals surface area (Å²) < 4.78 is 1.15. The molecule has 2 N–H and O–H groups in total. The van der Waals surface area contributed by atoms with Gasteiger partial charge in [-0.05, 0) is 59.8 Å². The highest BCUT2D eigenvalue weighted by atomic mass is 127. The van der Waals surface area contributed by atoms with Crippen LogP contribution in [0.15, 0.2) is 42.5 Å². The summed E-state index contributed by atoms with van der Waals surface area (Å²) >= 11 is 2.27. The Balaban J connectivity index is 2.36. The summed E-state index contributed by atoms with van der Waals surface area (Å²) in [6.45, 7) is 2.09. The first-order valence-corrected chi connectivity index (χ1v) is 6.51. The Kier molecular flexibility index (Phi) is 3.57. The second-order valence-corrected chi connectivity index (χ2v) is 5.34. The molecule has 2 rings (SSSR count). The molecule has 2 aromatic rings. The van der Waals surface area contributed by atoms with Crippen molar-refractivity contribution in [2.24, 2.45) is 0 Å². The number of hydrogen-bond donors (Lipinski definition) is 1. The van der Waals surface area contributed by atoms with Crippen LogP contribution in [-0.2, 0) is 0 Å². The molecule has 0 bridgehead atoms. The molecule has 3 heteroatoms. The first kappa shape index (κ1) is 12.2. The largest absolute Gasteiger partial charge is 0.397 e. The minimum atomic E-state index is 0.806. The van der Waals surface area contributed by atoms with Crippen LogP contribution in [0.1, 0.15) is 5.56 Å². The van der Waals surface area contributed by atoms with Crippen LogP contribution in [0, 0.1) is 10.5 Å². The van der Waals surface area contributed by atoms with Gasteiger partial charge in [-0.25, -0.2) is 0 Å². The van der Waals surface area contributed by atoms with Crippen LogP contribution < -0.4 is 10.6 Å². The highest BCUT2D eigenvalue weighted by molar-refractivity contribution is 14.1. The monoisotopic (exact) mass is 338 g/mol. The van der Waals surface area contributed by atoms with Crippen LogP contribution in [-0.4, -0.2) is 7.05 Å². The molecule has 0 aliphatic heterocycles. The molecule has 2 nitrogen and oxygen atoms in total.